The second kappa shape index (κ2) is 23.1. The molecule has 0 aromatic carbocycles. The summed E-state index contributed by atoms with van der Waals surface area (Å²) >= 11 is 0. The largest absolute Gasteiger partial charge is 0.481 e. The van der Waals surface area contributed by atoms with Crippen molar-refractivity contribution in [3.8, 4) is 0 Å². The first kappa shape index (κ1) is 46.6. The van der Waals surface area contributed by atoms with Gasteiger partial charge in [-0.05, 0) is 32.6 Å². The van der Waals surface area contributed by atoms with Gasteiger partial charge in [0.15, 0.2) is 0 Å². The van der Waals surface area contributed by atoms with Crippen LogP contribution in [0.5, 0.6) is 0 Å². The van der Waals surface area contributed by atoms with Gasteiger partial charge in [-0.15, -0.1) is 0 Å². The van der Waals surface area contributed by atoms with Gasteiger partial charge in [0, 0.05) is 13.3 Å². The van der Waals surface area contributed by atoms with E-state index in [2.05, 4.69) is 33.2 Å². The number of aliphatic hydroxyl groups is 1. The lowest BCUT2D eigenvalue weighted by molar-refractivity contribution is -0.144. The van der Waals surface area contributed by atoms with Crippen LogP contribution < -0.4 is 37.6 Å². The monoisotopic (exact) mass is 741 g/mol. The third-order valence-electron chi connectivity index (χ3n) is 7.59. The van der Waals surface area contributed by atoms with Crippen LogP contribution in [0.1, 0.15) is 73.6 Å². The number of Topliss-reactive ketones (excluding diaryl/α,β-unsaturated/α-hetero) is 1. The summed E-state index contributed by atoms with van der Waals surface area (Å²) in [5.41, 5.74) is 5.28. The summed E-state index contributed by atoms with van der Waals surface area (Å²) < 4.78 is 4.78. The second-order valence-corrected chi connectivity index (χ2v) is 12.0. The number of carboxylic acid groups (broad SMARTS) is 1. The van der Waals surface area contributed by atoms with E-state index in [9.17, 15) is 58.2 Å². The Morgan fingerprint density at radius 1 is 0.750 bits per heavy atom. The molecule has 0 fully saturated rings. The van der Waals surface area contributed by atoms with E-state index in [1.54, 1.807) is 13.8 Å². The van der Waals surface area contributed by atoms with Gasteiger partial charge in [0.25, 0.3) is 5.91 Å². The quantitative estimate of drug-likeness (QED) is 0.0268. The SMILES string of the molecule is C=CCOC(=O)CC[C@H](NC(=O)[C@H](CC(=O)O)NC(=O)C(=O)[C@H](C)NC(=O)[C@H](CC)NC(=O)[C@@H](NC(=O)[C@@H](NC(C)=O)[C@@H](C)CC)[C@@H](C)O)C(N)=O. The molecule has 0 saturated heterocycles. The standard InChI is InChI=1S/C32H51N7O13/c1-8-13-52-23(44)12-11-20(27(33)46)37-29(48)21(14-22(42)43)38-32(51)26(45)16(5)34-28(47)19(10-3)36-31(50)25(17(6)40)39-30(49)24(15(4)9-2)35-18(7)41/h8,15-17,19-21,24-25,40H,1,9-14H2,2-7H3,(H2,33,46)(H,34,47)(H,35,41)(H,36,50)(H,37,48)(H,38,51)(H,39,49)(H,42,43)/t15-,16-,17+,19-,20-,21-,24-,25-/m0/s1. The predicted molar refractivity (Wildman–Crippen MR) is 181 cm³/mol. The van der Waals surface area contributed by atoms with Crippen molar-refractivity contribution in [3.05, 3.63) is 12.7 Å². The summed E-state index contributed by atoms with van der Waals surface area (Å²) in [6.07, 6.45) is -1.43. The molecule has 0 bridgehead atoms. The molecule has 0 aromatic heterocycles. The lowest BCUT2D eigenvalue weighted by atomic mass is 9.97. The lowest BCUT2D eigenvalue weighted by Crippen LogP contribution is -2.61. The number of hydrogen-bond acceptors (Lipinski definition) is 12. The average molecular weight is 742 g/mol. The van der Waals surface area contributed by atoms with Gasteiger partial charge < -0.3 is 52.6 Å². The number of carboxylic acids is 1. The van der Waals surface area contributed by atoms with E-state index in [0.29, 0.717) is 6.42 Å². The van der Waals surface area contributed by atoms with Crippen LogP contribution in [0.4, 0.5) is 0 Å². The number of amides is 7. The van der Waals surface area contributed by atoms with E-state index in [1.165, 1.54) is 26.8 Å². The minimum atomic E-state index is -1.90. The van der Waals surface area contributed by atoms with Crippen molar-refractivity contribution in [2.45, 2.75) is 116 Å². The van der Waals surface area contributed by atoms with Crippen LogP contribution in [0.3, 0.4) is 0 Å². The van der Waals surface area contributed by atoms with Gasteiger partial charge in [-0.25, -0.2) is 0 Å². The number of aliphatic carboxylic acids is 1. The molecule has 0 aromatic rings. The molecule has 20 nitrogen and oxygen atoms in total. The van der Waals surface area contributed by atoms with E-state index < -0.39 is 108 Å². The van der Waals surface area contributed by atoms with Gasteiger partial charge in [0.05, 0.1) is 18.6 Å². The van der Waals surface area contributed by atoms with Crippen molar-refractivity contribution in [1.29, 1.82) is 0 Å². The summed E-state index contributed by atoms with van der Waals surface area (Å²) in [6.45, 7) is 11.8. The molecule has 0 aliphatic rings. The van der Waals surface area contributed by atoms with E-state index in [0.717, 1.165) is 6.92 Å². The summed E-state index contributed by atoms with van der Waals surface area (Å²) in [5.74, 6) is -10.9. The fraction of sp³-hybridized carbons (Fsp3) is 0.625. The van der Waals surface area contributed by atoms with Crippen molar-refractivity contribution in [1.82, 2.24) is 31.9 Å². The Balaban J connectivity index is 5.64. The van der Waals surface area contributed by atoms with Crippen LogP contribution in [-0.2, 0) is 52.7 Å². The average Bonchev–Trinajstić information content (AvgIpc) is 3.06. The maximum absolute atomic E-state index is 13.1. The second-order valence-electron chi connectivity index (χ2n) is 12.0. The number of carbonyl (C=O) groups excluding carboxylic acids is 9. The van der Waals surface area contributed by atoms with E-state index in [-0.39, 0.29) is 31.8 Å². The van der Waals surface area contributed by atoms with E-state index in [4.69, 9.17) is 10.5 Å². The third kappa shape index (κ3) is 16.5. The van der Waals surface area contributed by atoms with E-state index >= 15 is 0 Å². The van der Waals surface area contributed by atoms with Crippen LogP contribution >= 0.6 is 0 Å². The van der Waals surface area contributed by atoms with Crippen molar-refractivity contribution in [3.63, 3.8) is 0 Å². The first-order chi connectivity index (χ1) is 24.2. The minimum Gasteiger partial charge on any atom is -0.481 e. The molecule has 7 amide bonds. The molecule has 0 aliphatic heterocycles. The number of ketones is 1. The van der Waals surface area contributed by atoms with Crippen molar-refractivity contribution < 1.29 is 62.9 Å². The molecule has 0 spiro atoms. The summed E-state index contributed by atoms with van der Waals surface area (Å²) in [6, 6.07) is -8.87. The predicted octanol–water partition coefficient (Wildman–Crippen LogP) is -3.19. The number of esters is 1. The highest BCUT2D eigenvalue weighted by molar-refractivity contribution is 6.38. The van der Waals surface area contributed by atoms with Gasteiger partial charge in [-0.1, -0.05) is 39.8 Å². The van der Waals surface area contributed by atoms with Crippen molar-refractivity contribution >= 4 is 59.1 Å². The number of nitrogens with one attached hydrogen (secondary N) is 6. The molecular weight excluding hydrogens is 690 g/mol. The Labute approximate surface area is 300 Å². The van der Waals surface area contributed by atoms with Gasteiger partial charge in [-0.2, -0.15) is 0 Å². The van der Waals surface area contributed by atoms with Crippen LogP contribution in [-0.4, -0.2) is 118 Å². The zero-order valence-electron chi connectivity index (χ0n) is 30.1. The molecule has 0 aliphatic carbocycles. The van der Waals surface area contributed by atoms with E-state index in [1.807, 2.05) is 5.32 Å². The number of ether oxygens (including phenoxy) is 1. The number of carbonyl (C=O) groups is 10. The molecule has 0 radical (unpaired) electrons. The normalized spacial score (nSPS) is 15.3. The highest BCUT2D eigenvalue weighted by atomic mass is 16.5. The highest BCUT2D eigenvalue weighted by Crippen LogP contribution is 2.10. The molecule has 0 heterocycles. The summed E-state index contributed by atoms with van der Waals surface area (Å²) in [5, 5.41) is 33.1. The smallest absolute Gasteiger partial charge is 0.306 e. The molecule has 20 heteroatoms. The molecule has 0 unspecified atom stereocenters. The number of hydrogen-bond donors (Lipinski definition) is 9. The molecule has 8 atom stereocenters. The van der Waals surface area contributed by atoms with Gasteiger partial charge in [0.2, 0.25) is 41.2 Å². The van der Waals surface area contributed by atoms with Crippen LogP contribution in [0.25, 0.3) is 0 Å². The Bertz CT molecular complexity index is 1350. The number of aliphatic hydroxyl groups excluding tert-OH is 1. The Hall–Kier alpha value is -5.40. The summed E-state index contributed by atoms with van der Waals surface area (Å²) in [4.78, 5) is 124. The Morgan fingerprint density at radius 3 is 1.79 bits per heavy atom. The molecule has 0 saturated carbocycles. The number of primary amides is 1. The van der Waals surface area contributed by atoms with Gasteiger partial charge in [0.1, 0.15) is 36.8 Å². The first-order valence-corrected chi connectivity index (χ1v) is 16.5. The van der Waals surface area contributed by atoms with Crippen LogP contribution in [0, 0.1) is 5.92 Å². The molecule has 52 heavy (non-hydrogen) atoms. The maximum atomic E-state index is 13.1. The fourth-order valence-corrected chi connectivity index (χ4v) is 4.42. The molecule has 0 rings (SSSR count). The van der Waals surface area contributed by atoms with Gasteiger partial charge >= 0.3 is 11.9 Å². The third-order valence-corrected chi connectivity index (χ3v) is 7.59. The van der Waals surface area contributed by atoms with Crippen molar-refractivity contribution in [2.24, 2.45) is 11.7 Å². The first-order valence-electron chi connectivity index (χ1n) is 16.5. The zero-order valence-corrected chi connectivity index (χ0v) is 30.1. The Kier molecular flexibility index (Phi) is 20.7. The Morgan fingerprint density at radius 2 is 1.31 bits per heavy atom. The molecule has 10 N–H and O–H groups in total. The topological polar surface area (TPSA) is 319 Å². The maximum Gasteiger partial charge on any atom is 0.306 e. The van der Waals surface area contributed by atoms with Crippen molar-refractivity contribution in [2.75, 3.05) is 6.61 Å². The molecular formula is C32H51N7O13. The highest BCUT2D eigenvalue weighted by Gasteiger charge is 2.35. The van der Waals surface area contributed by atoms with Crippen LogP contribution in [0.2, 0.25) is 0 Å². The van der Waals surface area contributed by atoms with Crippen LogP contribution in [0.15, 0.2) is 12.7 Å². The fourth-order valence-electron chi connectivity index (χ4n) is 4.42. The number of rotatable bonds is 24. The number of nitrogens with two attached hydrogens (primary N) is 1. The lowest BCUT2D eigenvalue weighted by Gasteiger charge is -2.28. The molecule has 292 valence electrons. The minimum absolute atomic E-state index is 0.0552. The zero-order chi connectivity index (χ0) is 40.3. The van der Waals surface area contributed by atoms with Gasteiger partial charge in [-0.3, -0.25) is 47.9 Å². The summed E-state index contributed by atoms with van der Waals surface area (Å²) in [7, 11) is 0.